The number of fused-ring (bicyclic) bond motifs is 1. The summed E-state index contributed by atoms with van der Waals surface area (Å²) in [4.78, 5) is 17.2. The maximum Gasteiger partial charge on any atom is 0.246 e. The van der Waals surface area contributed by atoms with E-state index in [1.807, 2.05) is 53.4 Å². The molecular formula is C19H19ClN2O2. The van der Waals surface area contributed by atoms with Gasteiger partial charge in [-0.15, -0.1) is 0 Å². The third kappa shape index (κ3) is 2.46. The number of amides is 1. The van der Waals surface area contributed by atoms with E-state index < -0.39 is 0 Å². The van der Waals surface area contributed by atoms with E-state index in [9.17, 15) is 4.79 Å². The van der Waals surface area contributed by atoms with Crippen LogP contribution in [-0.4, -0.2) is 30.5 Å². The Balaban J connectivity index is 1.78. The first-order valence-electron chi connectivity index (χ1n) is 8.17. The first-order valence-corrected chi connectivity index (χ1v) is 8.55. The van der Waals surface area contributed by atoms with E-state index >= 15 is 0 Å². The van der Waals surface area contributed by atoms with Crippen LogP contribution < -0.4 is 9.64 Å². The molecule has 0 N–H and O–H groups in total. The molecule has 2 saturated heterocycles. The standard InChI is InChI=1S/C19H19ClN2O2/c1-24-16-9-7-15(8-10-16)22-18(13-4-2-5-14(20)12-13)21-11-3-6-17(21)19(22)23/h2,4-5,7-10,12,17-18H,3,6,11H2,1H3. The van der Waals surface area contributed by atoms with E-state index in [0.29, 0.717) is 5.02 Å². The van der Waals surface area contributed by atoms with Gasteiger partial charge < -0.3 is 4.74 Å². The van der Waals surface area contributed by atoms with Crippen molar-refractivity contribution < 1.29 is 9.53 Å². The molecule has 4 nitrogen and oxygen atoms in total. The lowest BCUT2D eigenvalue weighted by Gasteiger charge is -2.30. The number of carbonyl (C=O) groups excluding carboxylic acids is 1. The Morgan fingerprint density at radius 3 is 2.67 bits per heavy atom. The lowest BCUT2D eigenvalue weighted by molar-refractivity contribution is -0.119. The molecule has 2 aromatic carbocycles. The zero-order valence-electron chi connectivity index (χ0n) is 13.5. The fraction of sp³-hybridized carbons (Fsp3) is 0.316. The maximum atomic E-state index is 13.0. The van der Waals surface area contributed by atoms with Gasteiger partial charge in [-0.1, -0.05) is 23.7 Å². The number of anilines is 1. The van der Waals surface area contributed by atoms with E-state index in [1.54, 1.807) is 7.11 Å². The predicted molar refractivity (Wildman–Crippen MR) is 94.4 cm³/mol. The fourth-order valence-corrected chi connectivity index (χ4v) is 3.99. The largest absolute Gasteiger partial charge is 0.497 e. The lowest BCUT2D eigenvalue weighted by atomic mass is 10.1. The van der Waals surface area contributed by atoms with Crippen LogP contribution in [0.25, 0.3) is 0 Å². The SMILES string of the molecule is COc1ccc(N2C(=O)C3CCCN3C2c2cccc(Cl)c2)cc1. The van der Waals surface area contributed by atoms with Crippen molar-refractivity contribution in [2.24, 2.45) is 0 Å². The second-order valence-electron chi connectivity index (χ2n) is 6.23. The molecule has 0 spiro atoms. The molecule has 2 unspecified atom stereocenters. The number of benzene rings is 2. The molecule has 24 heavy (non-hydrogen) atoms. The zero-order chi connectivity index (χ0) is 16.7. The maximum absolute atomic E-state index is 13.0. The van der Waals surface area contributed by atoms with Gasteiger partial charge in [-0.2, -0.15) is 0 Å². The van der Waals surface area contributed by atoms with Crippen molar-refractivity contribution >= 4 is 23.2 Å². The van der Waals surface area contributed by atoms with Gasteiger partial charge >= 0.3 is 0 Å². The summed E-state index contributed by atoms with van der Waals surface area (Å²) in [7, 11) is 1.64. The van der Waals surface area contributed by atoms with Crippen molar-refractivity contribution in [2.75, 3.05) is 18.6 Å². The highest BCUT2D eigenvalue weighted by Gasteiger charge is 2.49. The normalized spacial score (nSPS) is 23.6. The van der Waals surface area contributed by atoms with Crippen LogP contribution in [0.15, 0.2) is 48.5 Å². The summed E-state index contributed by atoms with van der Waals surface area (Å²) in [5.74, 6) is 0.952. The van der Waals surface area contributed by atoms with Gasteiger partial charge in [0.2, 0.25) is 5.91 Å². The third-order valence-electron chi connectivity index (χ3n) is 4.87. The average molecular weight is 343 g/mol. The Morgan fingerprint density at radius 1 is 1.17 bits per heavy atom. The summed E-state index contributed by atoms with van der Waals surface area (Å²) >= 11 is 6.20. The molecule has 2 atom stereocenters. The third-order valence-corrected chi connectivity index (χ3v) is 5.11. The molecule has 2 aliphatic rings. The van der Waals surface area contributed by atoms with E-state index in [0.717, 1.165) is 36.4 Å². The van der Waals surface area contributed by atoms with Crippen LogP contribution in [-0.2, 0) is 4.79 Å². The Labute approximate surface area is 146 Å². The molecular weight excluding hydrogens is 324 g/mol. The van der Waals surface area contributed by atoms with Gasteiger partial charge in [-0.3, -0.25) is 14.6 Å². The lowest BCUT2D eigenvalue weighted by Crippen LogP contribution is -2.32. The first kappa shape index (κ1) is 15.5. The van der Waals surface area contributed by atoms with E-state index in [-0.39, 0.29) is 18.1 Å². The molecule has 124 valence electrons. The molecule has 1 amide bonds. The number of carbonyl (C=O) groups is 1. The highest BCUT2D eigenvalue weighted by Crippen LogP contribution is 2.43. The summed E-state index contributed by atoms with van der Waals surface area (Å²) in [5.41, 5.74) is 1.94. The van der Waals surface area contributed by atoms with Gasteiger partial charge in [0.15, 0.2) is 0 Å². The number of hydrogen-bond donors (Lipinski definition) is 0. The van der Waals surface area contributed by atoms with Gasteiger partial charge in [-0.05, 0) is 54.8 Å². The minimum atomic E-state index is -0.0999. The molecule has 2 aliphatic heterocycles. The molecule has 5 heteroatoms. The van der Waals surface area contributed by atoms with Crippen LogP contribution in [0.2, 0.25) is 5.02 Å². The summed E-state index contributed by atoms with van der Waals surface area (Å²) in [6.07, 6.45) is 1.88. The topological polar surface area (TPSA) is 32.8 Å². The van der Waals surface area contributed by atoms with Gasteiger partial charge in [0.1, 0.15) is 11.9 Å². The molecule has 0 aliphatic carbocycles. The van der Waals surface area contributed by atoms with E-state index in [4.69, 9.17) is 16.3 Å². The van der Waals surface area contributed by atoms with Crippen molar-refractivity contribution in [2.45, 2.75) is 25.0 Å². The van der Waals surface area contributed by atoms with Crippen molar-refractivity contribution in [3.63, 3.8) is 0 Å². The molecule has 4 rings (SSSR count). The smallest absolute Gasteiger partial charge is 0.246 e. The molecule has 0 saturated carbocycles. The van der Waals surface area contributed by atoms with Crippen molar-refractivity contribution in [3.05, 3.63) is 59.1 Å². The number of ether oxygens (including phenoxy) is 1. The van der Waals surface area contributed by atoms with Crippen LogP contribution in [0, 0.1) is 0 Å². The van der Waals surface area contributed by atoms with E-state index in [1.165, 1.54) is 0 Å². The van der Waals surface area contributed by atoms with Crippen LogP contribution in [0.4, 0.5) is 5.69 Å². The van der Waals surface area contributed by atoms with Crippen LogP contribution in [0.3, 0.4) is 0 Å². The molecule has 2 aromatic rings. The van der Waals surface area contributed by atoms with Gasteiger partial charge in [0.05, 0.1) is 13.2 Å². The van der Waals surface area contributed by atoms with E-state index in [2.05, 4.69) is 4.90 Å². The molecule has 2 fully saturated rings. The van der Waals surface area contributed by atoms with Crippen LogP contribution >= 0.6 is 11.6 Å². The fourth-order valence-electron chi connectivity index (χ4n) is 3.80. The summed E-state index contributed by atoms with van der Waals surface area (Å²) in [5, 5.41) is 0.692. The molecule has 0 aromatic heterocycles. The summed E-state index contributed by atoms with van der Waals surface area (Å²) < 4.78 is 5.23. The van der Waals surface area contributed by atoms with Gasteiger partial charge in [0, 0.05) is 17.3 Å². The minimum absolute atomic E-state index is 0.0314. The van der Waals surface area contributed by atoms with Crippen molar-refractivity contribution in [3.8, 4) is 5.75 Å². The number of hydrogen-bond acceptors (Lipinski definition) is 3. The Bertz CT molecular complexity index is 762. The van der Waals surface area contributed by atoms with Crippen molar-refractivity contribution in [1.82, 2.24) is 4.90 Å². The number of nitrogens with zero attached hydrogens (tertiary/aromatic N) is 2. The second-order valence-corrected chi connectivity index (χ2v) is 6.67. The molecule has 2 heterocycles. The number of halogens is 1. The predicted octanol–water partition coefficient (Wildman–Crippen LogP) is 3.86. The number of methoxy groups -OCH3 is 1. The van der Waals surface area contributed by atoms with Crippen LogP contribution in [0.1, 0.15) is 24.6 Å². The minimum Gasteiger partial charge on any atom is -0.497 e. The summed E-state index contributed by atoms with van der Waals surface area (Å²) in [6.45, 7) is 0.931. The quantitative estimate of drug-likeness (QED) is 0.849. The second kappa shape index (κ2) is 6.11. The van der Waals surface area contributed by atoms with Gasteiger partial charge in [0.25, 0.3) is 0 Å². The first-order chi connectivity index (χ1) is 11.7. The highest BCUT2D eigenvalue weighted by atomic mass is 35.5. The average Bonchev–Trinajstić information content (AvgIpc) is 3.17. The van der Waals surface area contributed by atoms with Crippen molar-refractivity contribution in [1.29, 1.82) is 0 Å². The molecule has 0 bridgehead atoms. The zero-order valence-corrected chi connectivity index (χ0v) is 14.2. The monoisotopic (exact) mass is 342 g/mol. The number of rotatable bonds is 3. The molecule has 0 radical (unpaired) electrons. The Hall–Kier alpha value is -2.04. The van der Waals surface area contributed by atoms with Crippen LogP contribution in [0.5, 0.6) is 5.75 Å². The highest BCUT2D eigenvalue weighted by molar-refractivity contribution is 6.30. The Kier molecular flexibility index (Phi) is 3.94. The van der Waals surface area contributed by atoms with Gasteiger partial charge in [-0.25, -0.2) is 0 Å². The summed E-state index contributed by atoms with van der Waals surface area (Å²) in [6, 6.07) is 15.4. The Morgan fingerprint density at radius 2 is 1.96 bits per heavy atom.